The Bertz CT molecular complexity index is 1000. The molecule has 0 aliphatic heterocycles. The van der Waals surface area contributed by atoms with Gasteiger partial charge in [0.05, 0.1) is 23.7 Å². The van der Waals surface area contributed by atoms with Gasteiger partial charge in [-0.25, -0.2) is 14.6 Å². The Morgan fingerprint density at radius 1 is 1.16 bits per heavy atom. The van der Waals surface area contributed by atoms with Crippen LogP contribution >= 0.6 is 11.3 Å². The number of anilines is 1. The van der Waals surface area contributed by atoms with Gasteiger partial charge in [0.1, 0.15) is 17.2 Å². The zero-order valence-electron chi connectivity index (χ0n) is 17.8. The number of nitrogens with zero attached hydrogens (tertiary/aromatic N) is 1. The zero-order chi connectivity index (χ0) is 23.7. The van der Waals surface area contributed by atoms with Gasteiger partial charge in [-0.05, 0) is 31.5 Å². The number of thiophene rings is 1. The molecule has 11 nitrogen and oxygen atoms in total. The van der Waals surface area contributed by atoms with Gasteiger partial charge >= 0.3 is 11.9 Å². The van der Waals surface area contributed by atoms with Gasteiger partial charge in [0.2, 0.25) is 5.88 Å². The quantitative estimate of drug-likeness (QED) is 0.371. The molecule has 0 unspecified atom stereocenters. The van der Waals surface area contributed by atoms with E-state index < -0.39 is 30.4 Å². The van der Waals surface area contributed by atoms with Crippen molar-refractivity contribution in [1.82, 2.24) is 4.98 Å². The van der Waals surface area contributed by atoms with Gasteiger partial charge in [0.25, 0.3) is 11.8 Å². The first kappa shape index (κ1) is 24.8. The van der Waals surface area contributed by atoms with Gasteiger partial charge in [-0.3, -0.25) is 9.59 Å². The zero-order valence-corrected chi connectivity index (χ0v) is 18.6. The molecule has 2 amide bonds. The number of methoxy groups -OCH3 is 1. The number of rotatable bonds is 11. The molecule has 0 radical (unpaired) electrons. The lowest BCUT2D eigenvalue weighted by atomic mass is 10.1. The number of aromatic nitrogens is 1. The van der Waals surface area contributed by atoms with Gasteiger partial charge in [-0.15, -0.1) is 11.3 Å². The van der Waals surface area contributed by atoms with Crippen LogP contribution in [0, 0.1) is 6.92 Å². The first-order valence-corrected chi connectivity index (χ1v) is 10.3. The summed E-state index contributed by atoms with van der Waals surface area (Å²) in [6, 6.07) is 2.98. The van der Waals surface area contributed by atoms with E-state index in [2.05, 4.69) is 10.3 Å². The van der Waals surface area contributed by atoms with Crippen molar-refractivity contribution in [1.29, 1.82) is 0 Å². The highest BCUT2D eigenvalue weighted by Crippen LogP contribution is 2.33. The van der Waals surface area contributed by atoms with Crippen molar-refractivity contribution in [2.45, 2.75) is 13.8 Å². The molecule has 12 heteroatoms. The van der Waals surface area contributed by atoms with E-state index in [1.165, 1.54) is 32.4 Å². The second-order valence-electron chi connectivity index (χ2n) is 6.17. The van der Waals surface area contributed by atoms with Crippen LogP contribution in [0.15, 0.2) is 18.3 Å². The van der Waals surface area contributed by atoms with E-state index in [0.29, 0.717) is 6.61 Å². The van der Waals surface area contributed by atoms with E-state index in [4.69, 9.17) is 24.7 Å². The molecule has 32 heavy (non-hydrogen) atoms. The van der Waals surface area contributed by atoms with Crippen molar-refractivity contribution in [2.24, 2.45) is 5.73 Å². The van der Waals surface area contributed by atoms with Crippen molar-refractivity contribution < 1.29 is 38.1 Å². The molecule has 3 N–H and O–H groups in total. The highest BCUT2D eigenvalue weighted by molar-refractivity contribution is 7.18. The normalized spacial score (nSPS) is 10.3. The minimum atomic E-state index is -0.809. The van der Waals surface area contributed by atoms with Crippen molar-refractivity contribution in [3.05, 3.63) is 39.9 Å². The summed E-state index contributed by atoms with van der Waals surface area (Å²) in [6.07, 6.45) is 1.46. The third-order valence-corrected chi connectivity index (χ3v) is 5.18. The van der Waals surface area contributed by atoms with Crippen LogP contribution in [0.4, 0.5) is 5.00 Å². The molecule has 2 heterocycles. The monoisotopic (exact) mass is 465 g/mol. The Balaban J connectivity index is 2.12. The fourth-order valence-corrected chi connectivity index (χ4v) is 3.60. The Morgan fingerprint density at radius 3 is 2.56 bits per heavy atom. The fourth-order valence-electron chi connectivity index (χ4n) is 2.54. The van der Waals surface area contributed by atoms with Crippen molar-refractivity contribution in [3.63, 3.8) is 0 Å². The molecule has 0 saturated carbocycles. The van der Waals surface area contributed by atoms with Crippen LogP contribution in [-0.4, -0.2) is 62.3 Å². The predicted octanol–water partition coefficient (Wildman–Crippen LogP) is 1.55. The van der Waals surface area contributed by atoms with Crippen LogP contribution in [0.2, 0.25) is 0 Å². The smallest absolute Gasteiger partial charge is 0.344 e. The molecule has 0 saturated heterocycles. The average Bonchev–Trinajstić information content (AvgIpc) is 3.08. The second-order valence-corrected chi connectivity index (χ2v) is 7.19. The predicted molar refractivity (Wildman–Crippen MR) is 114 cm³/mol. The summed E-state index contributed by atoms with van der Waals surface area (Å²) in [5.74, 6) is -2.97. The molecule has 2 aromatic rings. The minimum absolute atomic E-state index is 0.00882. The van der Waals surface area contributed by atoms with Crippen LogP contribution in [0.5, 0.6) is 5.88 Å². The van der Waals surface area contributed by atoms with Gasteiger partial charge in [-0.2, -0.15) is 0 Å². The molecule has 0 fully saturated rings. The third-order valence-electron chi connectivity index (χ3n) is 3.95. The van der Waals surface area contributed by atoms with Crippen LogP contribution < -0.4 is 15.8 Å². The summed E-state index contributed by atoms with van der Waals surface area (Å²) >= 11 is 0.821. The first-order chi connectivity index (χ1) is 15.3. The summed E-state index contributed by atoms with van der Waals surface area (Å²) in [5.41, 5.74) is 5.68. The largest absolute Gasteiger partial charge is 0.477 e. The molecule has 0 bridgehead atoms. The number of esters is 2. The molecule has 0 aromatic carbocycles. The third kappa shape index (κ3) is 6.25. The van der Waals surface area contributed by atoms with E-state index in [0.717, 1.165) is 11.3 Å². The van der Waals surface area contributed by atoms with E-state index >= 15 is 0 Å². The SMILES string of the molecule is CCOc1ncccc1C(=O)OCC(=O)Nc1sc(C(N)=O)c(C)c1C(=O)OCCOC. The summed E-state index contributed by atoms with van der Waals surface area (Å²) < 4.78 is 20.2. The number of amides is 2. The average molecular weight is 465 g/mol. The van der Waals surface area contributed by atoms with Crippen LogP contribution in [0.3, 0.4) is 0 Å². The number of ether oxygens (including phenoxy) is 4. The number of primary amides is 1. The van der Waals surface area contributed by atoms with Crippen molar-refractivity contribution in [3.8, 4) is 5.88 Å². The standard InChI is InChI=1S/C20H23N3O8S/c1-4-29-17-12(6-5-7-22-17)19(26)31-10-13(24)23-18-14(20(27)30-9-8-28-3)11(2)15(32-18)16(21)25/h5-7H,4,8-10H2,1-3H3,(H2,21,25)(H,23,24). The maximum atomic E-state index is 12.4. The minimum Gasteiger partial charge on any atom is -0.477 e. The topological polar surface area (TPSA) is 156 Å². The fraction of sp³-hybridized carbons (Fsp3) is 0.350. The lowest BCUT2D eigenvalue weighted by Crippen LogP contribution is -2.22. The van der Waals surface area contributed by atoms with Crippen molar-refractivity contribution >= 4 is 40.1 Å². The highest BCUT2D eigenvalue weighted by Gasteiger charge is 2.26. The lowest BCUT2D eigenvalue weighted by molar-refractivity contribution is -0.119. The van der Waals surface area contributed by atoms with Crippen molar-refractivity contribution in [2.75, 3.05) is 38.9 Å². The molecule has 0 atom stereocenters. The summed E-state index contributed by atoms with van der Waals surface area (Å²) in [7, 11) is 1.45. The first-order valence-electron chi connectivity index (χ1n) is 9.44. The lowest BCUT2D eigenvalue weighted by Gasteiger charge is -2.10. The summed E-state index contributed by atoms with van der Waals surface area (Å²) in [5, 5.41) is 2.51. The van der Waals surface area contributed by atoms with E-state index in [1.54, 1.807) is 6.92 Å². The van der Waals surface area contributed by atoms with Crippen LogP contribution in [0.25, 0.3) is 0 Å². The molecule has 2 rings (SSSR count). The van der Waals surface area contributed by atoms with Gasteiger partial charge in [-0.1, -0.05) is 0 Å². The number of hydrogen-bond acceptors (Lipinski definition) is 10. The number of pyridine rings is 1. The molecular formula is C20H23N3O8S. The molecular weight excluding hydrogens is 442 g/mol. The van der Waals surface area contributed by atoms with Crippen LogP contribution in [-0.2, 0) is 19.0 Å². The Morgan fingerprint density at radius 2 is 1.91 bits per heavy atom. The van der Waals surface area contributed by atoms with Gasteiger partial charge in [0, 0.05) is 13.3 Å². The Labute approximate surface area is 187 Å². The molecule has 2 aromatic heterocycles. The summed E-state index contributed by atoms with van der Waals surface area (Å²) in [4.78, 5) is 52.8. The highest BCUT2D eigenvalue weighted by atomic mass is 32.1. The number of nitrogens with one attached hydrogen (secondary N) is 1. The Kier molecular flexibility index (Phi) is 9.10. The molecule has 0 aliphatic carbocycles. The maximum Gasteiger partial charge on any atom is 0.344 e. The van der Waals surface area contributed by atoms with Gasteiger partial charge in [0.15, 0.2) is 6.61 Å². The van der Waals surface area contributed by atoms with E-state index in [-0.39, 0.29) is 45.7 Å². The van der Waals surface area contributed by atoms with Gasteiger partial charge < -0.3 is 30.0 Å². The summed E-state index contributed by atoms with van der Waals surface area (Å²) in [6.45, 7) is 3.04. The molecule has 172 valence electrons. The number of carbonyl (C=O) groups excluding carboxylic acids is 4. The number of hydrogen-bond donors (Lipinski definition) is 2. The van der Waals surface area contributed by atoms with E-state index in [9.17, 15) is 19.2 Å². The maximum absolute atomic E-state index is 12.4. The Hall–Kier alpha value is -3.51. The molecule has 0 spiro atoms. The number of nitrogens with two attached hydrogens (primary N) is 1. The van der Waals surface area contributed by atoms with Crippen LogP contribution in [0.1, 0.15) is 42.9 Å². The van der Waals surface area contributed by atoms with E-state index in [1.807, 2.05) is 0 Å². The number of carbonyl (C=O) groups is 4. The second kappa shape index (κ2) is 11.8. The molecule has 0 aliphatic rings.